The van der Waals surface area contributed by atoms with Gasteiger partial charge < -0.3 is 10.1 Å². The quantitative estimate of drug-likeness (QED) is 0.611. The molecule has 2 N–H and O–H groups in total. The lowest BCUT2D eigenvalue weighted by molar-refractivity contribution is 0.0949. The lowest BCUT2D eigenvalue weighted by Gasteiger charge is -2.17. The van der Waals surface area contributed by atoms with Crippen molar-refractivity contribution >= 4 is 15.9 Å². The molecular formula is C21H25FN2O4S. The Kier molecular flexibility index (Phi) is 6.36. The van der Waals surface area contributed by atoms with Crippen LogP contribution in [-0.2, 0) is 20.2 Å². The third kappa shape index (κ3) is 5.01. The minimum atomic E-state index is -3.73. The average Bonchev–Trinajstić information content (AvgIpc) is 3.48. The van der Waals surface area contributed by atoms with Gasteiger partial charge in [-0.2, -0.15) is 0 Å². The second kappa shape index (κ2) is 8.61. The van der Waals surface area contributed by atoms with E-state index in [4.69, 9.17) is 4.74 Å². The molecule has 1 aliphatic rings. The topological polar surface area (TPSA) is 84.5 Å². The molecule has 3 rings (SSSR count). The summed E-state index contributed by atoms with van der Waals surface area (Å²) < 4.78 is 45.3. The van der Waals surface area contributed by atoms with E-state index in [9.17, 15) is 17.6 Å². The largest absolute Gasteiger partial charge is 0.383 e. The highest BCUT2D eigenvalue weighted by atomic mass is 32.2. The summed E-state index contributed by atoms with van der Waals surface area (Å²) >= 11 is 0. The number of nitrogens with one attached hydrogen (secondary N) is 2. The maximum atomic E-state index is 13.2. The molecular weight excluding hydrogens is 395 g/mol. The number of carbonyl (C=O) groups excluding carboxylic acids is 1. The zero-order valence-electron chi connectivity index (χ0n) is 16.5. The van der Waals surface area contributed by atoms with Crippen molar-refractivity contribution in [2.75, 3.05) is 26.8 Å². The molecule has 0 unspecified atom stereocenters. The van der Waals surface area contributed by atoms with Crippen LogP contribution in [0.4, 0.5) is 4.39 Å². The van der Waals surface area contributed by atoms with Gasteiger partial charge in [0.05, 0.1) is 11.5 Å². The summed E-state index contributed by atoms with van der Waals surface area (Å²) in [4.78, 5) is 12.8. The van der Waals surface area contributed by atoms with Crippen LogP contribution in [0.5, 0.6) is 0 Å². The Morgan fingerprint density at radius 3 is 2.48 bits per heavy atom. The van der Waals surface area contributed by atoms with Gasteiger partial charge >= 0.3 is 0 Å². The van der Waals surface area contributed by atoms with E-state index in [1.165, 1.54) is 31.4 Å². The standard InChI is InChI=1S/C21H25FN2O4S/c1-15-3-8-18(29(26,27)24-11-12-28-2)13-19(15)20(25)23-14-21(9-10-21)16-4-6-17(22)7-5-16/h3-8,13,24H,9-12,14H2,1-2H3,(H,23,25). The Hall–Kier alpha value is -2.29. The van der Waals surface area contributed by atoms with E-state index in [1.54, 1.807) is 25.1 Å². The molecule has 0 radical (unpaired) electrons. The third-order valence-electron chi connectivity index (χ3n) is 5.26. The van der Waals surface area contributed by atoms with E-state index in [2.05, 4.69) is 10.0 Å². The molecule has 0 bridgehead atoms. The van der Waals surface area contributed by atoms with E-state index in [-0.39, 0.29) is 35.2 Å². The molecule has 0 heterocycles. The Morgan fingerprint density at radius 2 is 1.86 bits per heavy atom. The van der Waals surface area contributed by atoms with Crippen LogP contribution in [0.25, 0.3) is 0 Å². The number of carbonyl (C=O) groups is 1. The summed E-state index contributed by atoms with van der Waals surface area (Å²) in [6.45, 7) is 2.58. The number of hydrogen-bond donors (Lipinski definition) is 2. The summed E-state index contributed by atoms with van der Waals surface area (Å²) in [6, 6.07) is 10.8. The molecule has 0 saturated heterocycles. The van der Waals surface area contributed by atoms with E-state index in [0.717, 1.165) is 18.4 Å². The first-order valence-electron chi connectivity index (χ1n) is 9.41. The summed E-state index contributed by atoms with van der Waals surface area (Å²) in [5.74, 6) is -0.619. The number of ether oxygens (including phenoxy) is 1. The van der Waals surface area contributed by atoms with Gasteiger partial charge in [-0.15, -0.1) is 0 Å². The van der Waals surface area contributed by atoms with Gasteiger partial charge in [-0.25, -0.2) is 17.5 Å². The Balaban J connectivity index is 1.71. The first kappa shape index (κ1) is 21.4. The predicted molar refractivity (Wildman–Crippen MR) is 108 cm³/mol. The Labute approximate surface area is 170 Å². The molecule has 1 amide bonds. The minimum Gasteiger partial charge on any atom is -0.383 e. The molecule has 0 spiro atoms. The normalized spacial score (nSPS) is 15.1. The van der Waals surface area contributed by atoms with Gasteiger partial charge in [0.15, 0.2) is 0 Å². The zero-order chi connectivity index (χ0) is 21.1. The number of hydrogen-bond acceptors (Lipinski definition) is 4. The van der Waals surface area contributed by atoms with Crippen LogP contribution < -0.4 is 10.0 Å². The maximum Gasteiger partial charge on any atom is 0.251 e. The van der Waals surface area contributed by atoms with Crippen molar-refractivity contribution in [2.24, 2.45) is 0 Å². The molecule has 2 aromatic carbocycles. The first-order chi connectivity index (χ1) is 13.8. The van der Waals surface area contributed by atoms with Crippen molar-refractivity contribution in [1.29, 1.82) is 0 Å². The summed E-state index contributed by atoms with van der Waals surface area (Å²) in [6.07, 6.45) is 1.82. The first-order valence-corrected chi connectivity index (χ1v) is 10.9. The molecule has 6 nitrogen and oxygen atoms in total. The van der Waals surface area contributed by atoms with Crippen LogP contribution >= 0.6 is 0 Å². The summed E-state index contributed by atoms with van der Waals surface area (Å²) in [7, 11) is -2.24. The van der Waals surface area contributed by atoms with Crippen LogP contribution in [0.2, 0.25) is 0 Å². The smallest absolute Gasteiger partial charge is 0.251 e. The highest BCUT2D eigenvalue weighted by molar-refractivity contribution is 7.89. The highest BCUT2D eigenvalue weighted by Gasteiger charge is 2.44. The van der Waals surface area contributed by atoms with E-state index in [1.807, 2.05) is 0 Å². The molecule has 0 aliphatic heterocycles. The lowest BCUT2D eigenvalue weighted by atomic mass is 9.95. The number of halogens is 1. The molecule has 156 valence electrons. The van der Waals surface area contributed by atoms with Gasteiger partial charge in [0, 0.05) is 31.2 Å². The lowest BCUT2D eigenvalue weighted by Crippen LogP contribution is -2.33. The number of amides is 1. The fraction of sp³-hybridized carbons (Fsp3) is 0.381. The molecule has 2 aromatic rings. The Bertz CT molecular complexity index is 986. The van der Waals surface area contributed by atoms with Crippen LogP contribution in [0.3, 0.4) is 0 Å². The molecule has 1 aliphatic carbocycles. The monoisotopic (exact) mass is 420 g/mol. The maximum absolute atomic E-state index is 13.2. The summed E-state index contributed by atoms with van der Waals surface area (Å²) in [5, 5.41) is 2.92. The van der Waals surface area contributed by atoms with Gasteiger partial charge in [-0.05, 0) is 55.2 Å². The second-order valence-electron chi connectivity index (χ2n) is 7.34. The fourth-order valence-electron chi connectivity index (χ4n) is 3.24. The van der Waals surface area contributed by atoms with Crippen LogP contribution in [-0.4, -0.2) is 41.1 Å². The number of aryl methyl sites for hydroxylation is 1. The van der Waals surface area contributed by atoms with Gasteiger partial charge in [0.25, 0.3) is 5.91 Å². The van der Waals surface area contributed by atoms with Crippen LogP contribution in [0.1, 0.15) is 34.3 Å². The van der Waals surface area contributed by atoms with Crippen LogP contribution in [0.15, 0.2) is 47.4 Å². The minimum absolute atomic E-state index is 0.0315. The highest BCUT2D eigenvalue weighted by Crippen LogP contribution is 2.47. The van der Waals surface area contributed by atoms with E-state index < -0.39 is 10.0 Å². The molecule has 1 fully saturated rings. The number of sulfonamides is 1. The van der Waals surface area contributed by atoms with Gasteiger partial charge in [0.2, 0.25) is 10.0 Å². The third-order valence-corrected chi connectivity index (χ3v) is 6.72. The van der Waals surface area contributed by atoms with E-state index in [0.29, 0.717) is 17.7 Å². The molecule has 29 heavy (non-hydrogen) atoms. The fourth-order valence-corrected chi connectivity index (χ4v) is 4.28. The molecule has 1 saturated carbocycles. The van der Waals surface area contributed by atoms with Crippen molar-refractivity contribution in [3.8, 4) is 0 Å². The van der Waals surface area contributed by atoms with Crippen molar-refractivity contribution in [1.82, 2.24) is 10.0 Å². The van der Waals surface area contributed by atoms with Crippen molar-refractivity contribution in [3.05, 3.63) is 65.0 Å². The SMILES string of the molecule is COCCNS(=O)(=O)c1ccc(C)c(C(=O)NCC2(c3ccc(F)cc3)CC2)c1. The molecule has 8 heteroatoms. The van der Waals surface area contributed by atoms with Crippen molar-refractivity contribution in [2.45, 2.75) is 30.1 Å². The summed E-state index contributed by atoms with van der Waals surface area (Å²) in [5.41, 5.74) is 1.82. The van der Waals surface area contributed by atoms with Crippen molar-refractivity contribution < 1.29 is 22.3 Å². The number of methoxy groups -OCH3 is 1. The molecule has 0 atom stereocenters. The second-order valence-corrected chi connectivity index (χ2v) is 9.10. The van der Waals surface area contributed by atoms with Gasteiger partial charge in [0.1, 0.15) is 5.82 Å². The number of rotatable bonds is 9. The number of benzene rings is 2. The average molecular weight is 421 g/mol. The van der Waals surface area contributed by atoms with Crippen LogP contribution in [0, 0.1) is 12.7 Å². The molecule has 0 aromatic heterocycles. The van der Waals surface area contributed by atoms with Gasteiger partial charge in [-0.1, -0.05) is 18.2 Å². The zero-order valence-corrected chi connectivity index (χ0v) is 17.3. The Morgan fingerprint density at radius 1 is 1.17 bits per heavy atom. The van der Waals surface area contributed by atoms with E-state index >= 15 is 0 Å². The predicted octanol–water partition coefficient (Wildman–Crippen LogP) is 2.52. The van der Waals surface area contributed by atoms with Gasteiger partial charge in [-0.3, -0.25) is 4.79 Å². The van der Waals surface area contributed by atoms with Crippen molar-refractivity contribution in [3.63, 3.8) is 0 Å².